The maximum absolute atomic E-state index is 13.7. The molecule has 0 unspecified atom stereocenters. The molecule has 1 aromatic carbocycles. The Balaban J connectivity index is 2.27. The summed E-state index contributed by atoms with van der Waals surface area (Å²) < 4.78 is 53.0. The highest BCUT2D eigenvalue weighted by atomic mass is 32.2. The summed E-state index contributed by atoms with van der Waals surface area (Å²) in [5.74, 6) is -2.27. The Bertz CT molecular complexity index is 742. The van der Waals surface area contributed by atoms with Crippen molar-refractivity contribution in [1.82, 2.24) is 4.72 Å². The minimum Gasteiger partial charge on any atom is -0.394 e. The van der Waals surface area contributed by atoms with Crippen LogP contribution in [0.1, 0.15) is 10.4 Å². The van der Waals surface area contributed by atoms with Gasteiger partial charge in [0.15, 0.2) is 5.82 Å². The van der Waals surface area contributed by atoms with Crippen LogP contribution in [0, 0.1) is 18.6 Å². The first-order valence-corrected chi connectivity index (χ1v) is 7.95. The van der Waals surface area contributed by atoms with Gasteiger partial charge in [-0.1, -0.05) is 0 Å². The largest absolute Gasteiger partial charge is 0.394 e. The number of rotatable bonds is 4. The topological polar surface area (TPSA) is 72.2 Å². The lowest BCUT2D eigenvalue weighted by molar-refractivity contribution is 0.548. The van der Waals surface area contributed by atoms with Crippen LogP contribution in [0.5, 0.6) is 0 Å². The van der Waals surface area contributed by atoms with Gasteiger partial charge in [-0.05, 0) is 36.1 Å². The Morgan fingerprint density at radius 1 is 1.30 bits per heavy atom. The monoisotopic (exact) mass is 318 g/mol. The van der Waals surface area contributed by atoms with E-state index >= 15 is 0 Å². The zero-order valence-electron chi connectivity index (χ0n) is 10.5. The fourth-order valence-electron chi connectivity index (χ4n) is 1.58. The fourth-order valence-corrected chi connectivity index (χ4v) is 3.60. The van der Waals surface area contributed by atoms with E-state index in [0.717, 1.165) is 22.6 Å². The maximum Gasteiger partial charge on any atom is 0.243 e. The van der Waals surface area contributed by atoms with Crippen LogP contribution in [0.15, 0.2) is 28.5 Å². The molecular weight excluding hydrogens is 306 g/mol. The number of nitrogens with one attached hydrogen (secondary N) is 1. The molecule has 0 radical (unpaired) electrons. The Labute approximate surface area is 119 Å². The van der Waals surface area contributed by atoms with Crippen LogP contribution in [0.3, 0.4) is 0 Å². The predicted octanol–water partition coefficient (Wildman–Crippen LogP) is 2.40. The lowest BCUT2D eigenvalue weighted by Crippen LogP contribution is -2.24. The van der Waals surface area contributed by atoms with Crippen molar-refractivity contribution < 1.29 is 17.2 Å². The number of sulfonamides is 1. The molecule has 8 heteroatoms. The third kappa shape index (κ3) is 2.82. The normalized spacial score (nSPS) is 11.8. The molecule has 2 aromatic rings. The minimum absolute atomic E-state index is 0.0442. The second-order valence-corrected chi connectivity index (χ2v) is 6.86. The molecule has 0 fully saturated rings. The van der Waals surface area contributed by atoms with Crippen LogP contribution >= 0.6 is 11.3 Å². The molecule has 0 aliphatic heterocycles. The second kappa shape index (κ2) is 5.47. The molecule has 2 rings (SSSR count). The van der Waals surface area contributed by atoms with E-state index in [1.807, 2.05) is 18.4 Å². The lowest BCUT2D eigenvalue weighted by Gasteiger charge is -2.09. The molecule has 0 aliphatic carbocycles. The number of hydrogen-bond acceptors (Lipinski definition) is 4. The van der Waals surface area contributed by atoms with E-state index in [0.29, 0.717) is 0 Å². The number of nitrogens with two attached hydrogens (primary N) is 1. The Kier molecular flexibility index (Phi) is 4.07. The van der Waals surface area contributed by atoms with E-state index in [1.165, 1.54) is 11.3 Å². The number of thiophene rings is 1. The van der Waals surface area contributed by atoms with E-state index in [-0.39, 0.29) is 6.54 Å². The van der Waals surface area contributed by atoms with E-state index in [2.05, 4.69) is 4.72 Å². The van der Waals surface area contributed by atoms with Crippen molar-refractivity contribution in [2.24, 2.45) is 0 Å². The van der Waals surface area contributed by atoms with Gasteiger partial charge < -0.3 is 5.73 Å². The van der Waals surface area contributed by atoms with Crippen molar-refractivity contribution in [1.29, 1.82) is 0 Å². The molecule has 0 aliphatic rings. The first-order chi connectivity index (χ1) is 9.33. The average molecular weight is 318 g/mol. The van der Waals surface area contributed by atoms with Crippen LogP contribution < -0.4 is 10.5 Å². The highest BCUT2D eigenvalue weighted by molar-refractivity contribution is 7.89. The van der Waals surface area contributed by atoms with Crippen LogP contribution in [0.2, 0.25) is 0 Å². The summed E-state index contributed by atoms with van der Waals surface area (Å²) in [7, 11) is -4.09. The number of hydrogen-bond donors (Lipinski definition) is 2. The Morgan fingerprint density at radius 2 is 2.00 bits per heavy atom. The molecule has 0 saturated heterocycles. The summed E-state index contributed by atoms with van der Waals surface area (Å²) in [4.78, 5) is 0.162. The zero-order valence-corrected chi connectivity index (χ0v) is 12.1. The van der Waals surface area contributed by atoms with E-state index in [9.17, 15) is 17.2 Å². The third-order valence-electron chi connectivity index (χ3n) is 2.77. The molecule has 4 nitrogen and oxygen atoms in total. The fraction of sp³-hybridized carbons (Fsp3) is 0.167. The summed E-state index contributed by atoms with van der Waals surface area (Å²) in [5.41, 5.74) is 5.29. The van der Waals surface area contributed by atoms with Crippen molar-refractivity contribution in [2.75, 3.05) is 5.73 Å². The average Bonchev–Trinajstić information content (AvgIpc) is 2.79. The van der Waals surface area contributed by atoms with Crippen molar-refractivity contribution in [3.8, 4) is 0 Å². The van der Waals surface area contributed by atoms with Gasteiger partial charge in [-0.3, -0.25) is 0 Å². The number of benzene rings is 1. The van der Waals surface area contributed by atoms with Gasteiger partial charge in [0.1, 0.15) is 16.4 Å². The summed E-state index contributed by atoms with van der Waals surface area (Å²) in [6.07, 6.45) is 0. The van der Waals surface area contributed by atoms with Crippen molar-refractivity contribution in [3.63, 3.8) is 0 Å². The van der Waals surface area contributed by atoms with E-state index < -0.39 is 32.2 Å². The number of anilines is 1. The zero-order chi connectivity index (χ0) is 14.9. The molecular formula is C12H12F2N2O2S2. The molecule has 0 amide bonds. The number of nitrogen functional groups attached to an aromatic ring is 1. The van der Waals surface area contributed by atoms with E-state index in [4.69, 9.17) is 5.73 Å². The van der Waals surface area contributed by atoms with E-state index in [1.54, 1.807) is 0 Å². The highest BCUT2D eigenvalue weighted by Crippen LogP contribution is 2.23. The molecule has 3 N–H and O–H groups in total. The van der Waals surface area contributed by atoms with Crippen LogP contribution in [0.25, 0.3) is 0 Å². The van der Waals surface area contributed by atoms with Crippen molar-refractivity contribution >= 4 is 27.0 Å². The van der Waals surface area contributed by atoms with Gasteiger partial charge in [-0.2, -0.15) is 0 Å². The van der Waals surface area contributed by atoms with Gasteiger partial charge in [-0.15, -0.1) is 11.3 Å². The molecule has 0 saturated carbocycles. The molecule has 0 bridgehead atoms. The van der Waals surface area contributed by atoms with Crippen LogP contribution in [-0.4, -0.2) is 8.42 Å². The standard InChI is InChI=1S/C12H12F2N2O2S2/c1-7-4-5-19-9(7)6-16-20(17,18)10-3-2-8(13)12(15)11(10)14/h2-5,16H,6,15H2,1H3. The first kappa shape index (κ1) is 14.9. The Hall–Kier alpha value is -1.51. The summed E-state index contributed by atoms with van der Waals surface area (Å²) >= 11 is 1.39. The van der Waals surface area contributed by atoms with Gasteiger partial charge in [0.25, 0.3) is 0 Å². The van der Waals surface area contributed by atoms with Gasteiger partial charge in [-0.25, -0.2) is 21.9 Å². The second-order valence-electron chi connectivity index (χ2n) is 4.12. The first-order valence-electron chi connectivity index (χ1n) is 5.59. The maximum atomic E-state index is 13.7. The lowest BCUT2D eigenvalue weighted by atomic mass is 10.3. The smallest absolute Gasteiger partial charge is 0.243 e. The van der Waals surface area contributed by atoms with Crippen LogP contribution in [-0.2, 0) is 16.6 Å². The van der Waals surface area contributed by atoms with Gasteiger partial charge >= 0.3 is 0 Å². The predicted molar refractivity (Wildman–Crippen MR) is 73.9 cm³/mol. The molecule has 20 heavy (non-hydrogen) atoms. The molecule has 0 spiro atoms. The molecule has 1 aromatic heterocycles. The number of aryl methyl sites for hydroxylation is 1. The van der Waals surface area contributed by atoms with Gasteiger partial charge in [0.05, 0.1) is 0 Å². The Morgan fingerprint density at radius 3 is 2.60 bits per heavy atom. The van der Waals surface area contributed by atoms with Gasteiger partial charge in [0.2, 0.25) is 10.0 Å². The van der Waals surface area contributed by atoms with Crippen molar-refractivity contribution in [2.45, 2.75) is 18.4 Å². The van der Waals surface area contributed by atoms with Crippen molar-refractivity contribution in [3.05, 3.63) is 45.7 Å². The summed E-state index contributed by atoms with van der Waals surface area (Å²) in [5, 5.41) is 1.83. The summed E-state index contributed by atoms with van der Waals surface area (Å²) in [6.45, 7) is 1.89. The molecule has 1 heterocycles. The van der Waals surface area contributed by atoms with Crippen LogP contribution in [0.4, 0.5) is 14.5 Å². The SMILES string of the molecule is Cc1ccsc1CNS(=O)(=O)c1ccc(F)c(N)c1F. The number of halogens is 2. The molecule has 108 valence electrons. The summed E-state index contributed by atoms with van der Waals surface area (Å²) in [6, 6.07) is 3.53. The van der Waals surface area contributed by atoms with Gasteiger partial charge in [0, 0.05) is 11.4 Å². The highest BCUT2D eigenvalue weighted by Gasteiger charge is 2.22. The quantitative estimate of drug-likeness (QED) is 0.850. The molecule has 0 atom stereocenters. The third-order valence-corrected chi connectivity index (χ3v) is 5.21. The minimum atomic E-state index is -4.09.